The molecule has 0 spiro atoms. The first-order chi connectivity index (χ1) is 19.1. The summed E-state index contributed by atoms with van der Waals surface area (Å²) in [5, 5.41) is 16.7. The molecule has 0 aromatic heterocycles. The van der Waals surface area contributed by atoms with Crippen molar-refractivity contribution in [1.29, 1.82) is 0 Å². The van der Waals surface area contributed by atoms with Gasteiger partial charge in [-0.2, -0.15) is 21.1 Å². The Morgan fingerprint density at radius 1 is 0.698 bits per heavy atom. The molecular formula is C26H61N7O8S2. The van der Waals surface area contributed by atoms with E-state index in [1.165, 1.54) is 9.21 Å². The lowest BCUT2D eigenvalue weighted by Gasteiger charge is -2.25. The maximum absolute atomic E-state index is 11.7. The molecule has 0 aromatic carbocycles. The highest BCUT2D eigenvalue weighted by Crippen LogP contribution is 2.11. The summed E-state index contributed by atoms with van der Waals surface area (Å²) in [6.45, 7) is 21.5. The number of amides is 2. The number of nitrogens with one attached hydrogen (secondary N) is 1. The molecule has 7 N–H and O–H groups in total. The number of hydrogen-bond acceptors (Lipinski definition) is 9. The highest BCUT2D eigenvalue weighted by molar-refractivity contribution is 7.87. The molecule has 0 saturated carbocycles. The fraction of sp³-hybridized carbons (Fsp3) is 0.923. The van der Waals surface area contributed by atoms with Crippen LogP contribution in [0.25, 0.3) is 0 Å². The molecule has 2 amide bonds. The fourth-order valence-corrected chi connectivity index (χ4v) is 3.99. The lowest BCUT2D eigenvalue weighted by molar-refractivity contribution is 0.0285. The summed E-state index contributed by atoms with van der Waals surface area (Å²) in [6.07, 6.45) is 2.75. The summed E-state index contributed by atoms with van der Waals surface area (Å²) in [4.78, 5) is 26.5. The molecule has 17 heteroatoms. The van der Waals surface area contributed by atoms with Crippen molar-refractivity contribution in [3.63, 3.8) is 0 Å². The molecule has 43 heavy (non-hydrogen) atoms. The predicted molar refractivity (Wildman–Crippen MR) is 172 cm³/mol. The van der Waals surface area contributed by atoms with E-state index in [9.17, 15) is 26.4 Å². The highest BCUT2D eigenvalue weighted by atomic mass is 32.2. The Hall–Kier alpha value is -1.76. The SMILES string of the molecule is CC(C)N(CCCCN(C)C(=O)OC(C)(C)C)S(N)(=O)=O.CC(C)NCCCCN(C)C(=O)OC(C)(C)C.NS(N)(=O)=O. The lowest BCUT2D eigenvalue weighted by atomic mass is 10.2. The third-order valence-corrected chi connectivity index (χ3v) is 6.17. The van der Waals surface area contributed by atoms with Gasteiger partial charge in [-0.15, -0.1) is 0 Å². The lowest BCUT2D eigenvalue weighted by Crippen LogP contribution is -2.42. The van der Waals surface area contributed by atoms with E-state index in [0.29, 0.717) is 32.0 Å². The molecule has 260 valence electrons. The maximum Gasteiger partial charge on any atom is 0.410 e. The van der Waals surface area contributed by atoms with Crippen molar-refractivity contribution >= 4 is 32.6 Å². The van der Waals surface area contributed by atoms with Crippen molar-refractivity contribution in [2.45, 2.75) is 118 Å². The normalized spacial score (nSPS) is 12.2. The maximum atomic E-state index is 11.7. The zero-order chi connectivity index (χ0) is 34.8. The third-order valence-electron chi connectivity index (χ3n) is 4.91. The zero-order valence-corrected chi connectivity index (χ0v) is 30.1. The van der Waals surface area contributed by atoms with E-state index in [2.05, 4.69) is 29.4 Å². The molecule has 0 saturated heterocycles. The van der Waals surface area contributed by atoms with Crippen molar-refractivity contribution in [3.05, 3.63) is 0 Å². The molecule has 0 fully saturated rings. The number of rotatable bonds is 13. The monoisotopic (exact) mass is 663 g/mol. The van der Waals surface area contributed by atoms with Crippen molar-refractivity contribution in [3.8, 4) is 0 Å². The first-order valence-corrected chi connectivity index (χ1v) is 17.4. The predicted octanol–water partition coefficient (Wildman–Crippen LogP) is 2.33. The number of carbonyl (C=O) groups excluding carboxylic acids is 2. The molecule has 0 heterocycles. The molecule has 15 nitrogen and oxygen atoms in total. The fourth-order valence-electron chi connectivity index (χ4n) is 3.02. The molecule has 0 aliphatic heterocycles. The second-order valence-corrected chi connectivity index (χ2v) is 15.3. The summed E-state index contributed by atoms with van der Waals surface area (Å²) >= 11 is 0. The number of nitrogens with two attached hydrogens (primary N) is 3. The van der Waals surface area contributed by atoms with Crippen LogP contribution in [0.1, 0.15) is 94.9 Å². The van der Waals surface area contributed by atoms with Crippen molar-refractivity contribution < 1.29 is 35.9 Å². The van der Waals surface area contributed by atoms with E-state index in [0.717, 1.165) is 25.9 Å². The Morgan fingerprint density at radius 3 is 1.30 bits per heavy atom. The molecule has 0 radical (unpaired) electrons. The van der Waals surface area contributed by atoms with Crippen molar-refractivity contribution in [2.24, 2.45) is 15.4 Å². The molecule has 0 rings (SSSR count). The summed E-state index contributed by atoms with van der Waals surface area (Å²) in [6, 6.07) is 0.349. The average molecular weight is 664 g/mol. The van der Waals surface area contributed by atoms with Gasteiger partial charge in [-0.25, -0.2) is 25.0 Å². The van der Waals surface area contributed by atoms with Gasteiger partial charge >= 0.3 is 12.2 Å². The van der Waals surface area contributed by atoms with Crippen LogP contribution < -0.4 is 20.7 Å². The van der Waals surface area contributed by atoms with E-state index < -0.39 is 31.6 Å². The summed E-state index contributed by atoms with van der Waals surface area (Å²) in [7, 11) is -3.90. The van der Waals surface area contributed by atoms with Gasteiger partial charge in [0.15, 0.2) is 0 Å². The standard InChI is InChI=1S/C13H29N3O4S.C13H28N2O2.H4N2O2S/c1-11(2)16(21(14,18)19)10-8-7-9-15(6)12(17)20-13(3,4)5;1-11(2)14-9-7-8-10-15(6)12(16)17-13(3,4)5;1-5(2,3)4/h11H,7-10H2,1-6H3,(H2,14,18,19);11,14H,7-10H2,1-6H3;(H4,1,2,3,4). The van der Waals surface area contributed by atoms with Crippen LogP contribution in [-0.2, 0) is 29.9 Å². The Kier molecular flexibility index (Phi) is 22.4. The van der Waals surface area contributed by atoms with Gasteiger partial charge in [0.05, 0.1) is 0 Å². The number of nitrogens with zero attached hydrogens (tertiary/aromatic N) is 3. The van der Waals surface area contributed by atoms with Crippen LogP contribution in [0, 0.1) is 0 Å². The van der Waals surface area contributed by atoms with E-state index >= 15 is 0 Å². The Labute approximate surface area is 261 Å². The molecule has 0 aliphatic carbocycles. The van der Waals surface area contributed by atoms with E-state index in [4.69, 9.17) is 14.6 Å². The van der Waals surface area contributed by atoms with Gasteiger partial charge in [0, 0.05) is 45.8 Å². The van der Waals surface area contributed by atoms with Crippen LogP contribution in [0.3, 0.4) is 0 Å². The van der Waals surface area contributed by atoms with Gasteiger partial charge in [0.25, 0.3) is 20.4 Å². The van der Waals surface area contributed by atoms with Gasteiger partial charge < -0.3 is 24.6 Å². The largest absolute Gasteiger partial charge is 0.444 e. The van der Waals surface area contributed by atoms with Crippen LogP contribution in [0.2, 0.25) is 0 Å². The zero-order valence-electron chi connectivity index (χ0n) is 28.5. The third kappa shape index (κ3) is 34.6. The van der Waals surface area contributed by atoms with Gasteiger partial charge in [0.1, 0.15) is 11.2 Å². The molecule has 0 bridgehead atoms. The topological polar surface area (TPSA) is 221 Å². The second kappa shape index (κ2) is 21.1. The average Bonchev–Trinajstić information content (AvgIpc) is 2.74. The molecular weight excluding hydrogens is 602 g/mol. The number of hydrogen-bond donors (Lipinski definition) is 4. The van der Waals surface area contributed by atoms with Crippen LogP contribution in [-0.4, -0.2) is 107 Å². The highest BCUT2D eigenvalue weighted by Gasteiger charge is 2.22. The van der Waals surface area contributed by atoms with Gasteiger partial charge in [-0.1, -0.05) is 13.8 Å². The minimum Gasteiger partial charge on any atom is -0.444 e. The second-order valence-electron chi connectivity index (χ2n) is 12.7. The first kappa shape index (κ1) is 45.7. The van der Waals surface area contributed by atoms with Gasteiger partial charge in [-0.3, -0.25) is 0 Å². The van der Waals surface area contributed by atoms with Gasteiger partial charge in [-0.05, 0) is 87.6 Å². The molecule has 0 aromatic rings. The molecule has 0 unspecified atom stereocenters. The summed E-state index contributed by atoms with van der Waals surface area (Å²) in [5.74, 6) is 0. The quantitative estimate of drug-likeness (QED) is 0.212. The smallest absolute Gasteiger partial charge is 0.410 e. The minimum atomic E-state index is -3.68. The number of carbonyl (C=O) groups is 2. The van der Waals surface area contributed by atoms with Crippen LogP contribution in [0.15, 0.2) is 0 Å². The van der Waals surface area contributed by atoms with Crippen LogP contribution in [0.4, 0.5) is 9.59 Å². The summed E-state index contributed by atoms with van der Waals surface area (Å²) in [5.41, 5.74) is -0.933. The van der Waals surface area contributed by atoms with E-state index in [1.54, 1.807) is 32.8 Å². The van der Waals surface area contributed by atoms with Crippen LogP contribution in [0.5, 0.6) is 0 Å². The Balaban J connectivity index is -0.000000652. The molecule has 0 aliphatic rings. The van der Waals surface area contributed by atoms with Crippen LogP contribution >= 0.6 is 0 Å². The number of unbranched alkanes of at least 4 members (excludes halogenated alkanes) is 2. The number of ether oxygens (including phenoxy) is 2. The Morgan fingerprint density at radius 2 is 1.02 bits per heavy atom. The van der Waals surface area contributed by atoms with Crippen molar-refractivity contribution in [1.82, 2.24) is 19.4 Å². The Bertz CT molecular complexity index is 986. The molecule has 0 atom stereocenters. The first-order valence-electron chi connectivity index (χ1n) is 14.3. The van der Waals surface area contributed by atoms with E-state index in [-0.39, 0.29) is 18.2 Å². The minimum absolute atomic E-state index is 0.177. The summed E-state index contributed by atoms with van der Waals surface area (Å²) < 4.78 is 52.9. The van der Waals surface area contributed by atoms with E-state index in [1.807, 2.05) is 41.5 Å². The van der Waals surface area contributed by atoms with Gasteiger partial charge in [0.2, 0.25) is 0 Å². The van der Waals surface area contributed by atoms with Crippen molar-refractivity contribution in [2.75, 3.05) is 40.3 Å².